The number of aromatic nitrogens is 2. The Balaban J connectivity index is 1.41. The van der Waals surface area contributed by atoms with Gasteiger partial charge < -0.3 is 19.4 Å². The summed E-state index contributed by atoms with van der Waals surface area (Å²) >= 11 is 6.45. The maximum absolute atomic E-state index is 13.8. The fraction of sp³-hybridized carbons (Fsp3) is 0.548. The van der Waals surface area contributed by atoms with E-state index in [4.69, 9.17) is 26.3 Å². The summed E-state index contributed by atoms with van der Waals surface area (Å²) in [6, 6.07) is 10.4. The zero-order valence-electron chi connectivity index (χ0n) is 24.1. The maximum Gasteiger partial charge on any atom is 0.318 e. The van der Waals surface area contributed by atoms with Crippen molar-refractivity contribution >= 4 is 32.6 Å². The Morgan fingerprint density at radius 1 is 1.24 bits per heavy atom. The number of rotatable bonds is 9. The third-order valence-electron chi connectivity index (χ3n) is 9.01. The molecule has 3 aliphatic rings. The number of aryl methyl sites for hydroxylation is 1. The fourth-order valence-electron chi connectivity index (χ4n) is 6.52. The topological polar surface area (TPSA) is 85.6 Å². The van der Waals surface area contributed by atoms with E-state index in [9.17, 15) is 14.4 Å². The van der Waals surface area contributed by atoms with Crippen LogP contribution < -0.4 is 9.64 Å². The van der Waals surface area contributed by atoms with Crippen molar-refractivity contribution in [3.05, 3.63) is 58.5 Å². The van der Waals surface area contributed by atoms with Gasteiger partial charge in [-0.1, -0.05) is 36.4 Å². The molecule has 1 amide bonds. The van der Waals surface area contributed by atoms with E-state index in [1.165, 1.54) is 4.90 Å². The van der Waals surface area contributed by atoms with Gasteiger partial charge in [-0.2, -0.15) is 15.2 Å². The molecule has 0 N–H and O–H groups in total. The lowest BCUT2D eigenvalue weighted by Gasteiger charge is -2.42. The Morgan fingerprint density at radius 2 is 2.05 bits per heavy atom. The standard InChI is InChI=1S/C31H39ClFN6O2P/c1-20(33)30(40)39-17-16-38(18-23(39)13-14-34)29-25-12-11-22(10-9-21-6-3-4-8-26(21)32)28(42)27(25)35-31(36-29)41-19-24-7-5-15-37(24)2/h3-4,6,8,22-24,28H,1,5,7,9-13,15-19,42H2,2H3. The number of nitrogens with zero attached hydrogens (tertiary/aromatic N) is 6. The van der Waals surface area contributed by atoms with Crippen molar-refractivity contribution in [3.8, 4) is 12.1 Å². The van der Waals surface area contributed by atoms with Crippen molar-refractivity contribution in [2.75, 3.05) is 44.7 Å². The van der Waals surface area contributed by atoms with Gasteiger partial charge in [0, 0.05) is 41.9 Å². The van der Waals surface area contributed by atoms with Gasteiger partial charge in [0.15, 0.2) is 5.83 Å². The van der Waals surface area contributed by atoms with Crippen molar-refractivity contribution in [1.82, 2.24) is 19.8 Å². The SMILES string of the molecule is C=C(F)C(=O)N1CCN(c2nc(OCC3CCCN3C)nc3c2CCC(CCc2ccccc2Cl)C3P)CC1CC#N. The van der Waals surface area contributed by atoms with E-state index < -0.39 is 17.8 Å². The lowest BCUT2D eigenvalue weighted by atomic mass is 9.82. The number of anilines is 1. The van der Waals surface area contributed by atoms with Gasteiger partial charge in [-0.05, 0) is 69.7 Å². The molecule has 5 rings (SSSR count). The number of nitriles is 1. The van der Waals surface area contributed by atoms with Crippen LogP contribution in [0.15, 0.2) is 36.7 Å². The van der Waals surface area contributed by atoms with Crippen LogP contribution in [-0.2, 0) is 17.6 Å². The quantitative estimate of drug-likeness (QED) is 0.287. The van der Waals surface area contributed by atoms with Crippen LogP contribution >= 0.6 is 20.8 Å². The van der Waals surface area contributed by atoms with Crippen LogP contribution in [-0.4, -0.2) is 77.6 Å². The Morgan fingerprint density at radius 3 is 2.76 bits per heavy atom. The Hall–Kier alpha value is -2.79. The summed E-state index contributed by atoms with van der Waals surface area (Å²) in [4.78, 5) is 28.2. The number of likely N-dealkylation sites (tertiary alicyclic amines) is 1. The van der Waals surface area contributed by atoms with Gasteiger partial charge in [0.25, 0.3) is 5.91 Å². The van der Waals surface area contributed by atoms with E-state index in [2.05, 4.69) is 44.8 Å². The number of ether oxygens (including phenoxy) is 1. The van der Waals surface area contributed by atoms with Crippen molar-refractivity contribution in [3.63, 3.8) is 0 Å². The van der Waals surface area contributed by atoms with Crippen LogP contribution in [0.5, 0.6) is 6.01 Å². The zero-order valence-corrected chi connectivity index (χ0v) is 26.1. The molecule has 0 spiro atoms. The second-order valence-corrected chi connectivity index (χ2v) is 12.7. The third-order valence-corrected chi connectivity index (χ3v) is 10.2. The van der Waals surface area contributed by atoms with Crippen LogP contribution in [0.25, 0.3) is 0 Å². The van der Waals surface area contributed by atoms with Gasteiger partial charge in [0.05, 0.1) is 24.2 Å². The molecule has 1 aromatic carbocycles. The summed E-state index contributed by atoms with van der Waals surface area (Å²) in [6.07, 6.45) is 6.00. The summed E-state index contributed by atoms with van der Waals surface area (Å²) < 4.78 is 20.0. The fourth-order valence-corrected chi connectivity index (χ4v) is 7.41. The summed E-state index contributed by atoms with van der Waals surface area (Å²) in [5.74, 6) is -0.574. The number of benzene rings is 1. The van der Waals surface area contributed by atoms with Crippen LogP contribution in [0.3, 0.4) is 0 Å². The maximum atomic E-state index is 13.8. The number of hydrogen-bond acceptors (Lipinski definition) is 7. The predicted molar refractivity (Wildman–Crippen MR) is 165 cm³/mol. The van der Waals surface area contributed by atoms with E-state index in [0.717, 1.165) is 72.7 Å². The van der Waals surface area contributed by atoms with E-state index in [1.807, 2.05) is 18.2 Å². The van der Waals surface area contributed by atoms with Crippen LogP contribution in [0.4, 0.5) is 10.2 Å². The number of piperazine rings is 1. The highest BCUT2D eigenvalue weighted by molar-refractivity contribution is 7.17. The first-order valence-corrected chi connectivity index (χ1v) is 15.8. The van der Waals surface area contributed by atoms with Crippen molar-refractivity contribution in [2.45, 2.75) is 62.7 Å². The molecule has 42 heavy (non-hydrogen) atoms. The average Bonchev–Trinajstić information content (AvgIpc) is 3.40. The van der Waals surface area contributed by atoms with Crippen molar-refractivity contribution < 1.29 is 13.9 Å². The molecule has 1 aromatic heterocycles. The Bertz CT molecular complexity index is 1360. The number of fused-ring (bicyclic) bond motifs is 1. The lowest BCUT2D eigenvalue weighted by Crippen LogP contribution is -2.55. The highest BCUT2D eigenvalue weighted by Crippen LogP contribution is 2.45. The number of likely N-dealkylation sites (N-methyl/N-ethyl adjacent to an activating group) is 1. The summed E-state index contributed by atoms with van der Waals surface area (Å²) in [5.41, 5.74) is 3.33. The number of halogens is 2. The normalized spacial score (nSPS) is 24.3. The molecule has 0 bridgehead atoms. The minimum atomic E-state index is -1.01. The van der Waals surface area contributed by atoms with E-state index in [0.29, 0.717) is 37.7 Å². The monoisotopic (exact) mass is 612 g/mol. The minimum Gasteiger partial charge on any atom is -0.462 e. The molecular formula is C31H39ClFN6O2P. The highest BCUT2D eigenvalue weighted by Gasteiger charge is 2.37. The van der Waals surface area contributed by atoms with Gasteiger partial charge in [0.1, 0.15) is 12.4 Å². The highest BCUT2D eigenvalue weighted by atomic mass is 35.5. The van der Waals surface area contributed by atoms with Gasteiger partial charge >= 0.3 is 6.01 Å². The number of carbonyl (C=O) groups is 1. The molecule has 2 aliphatic heterocycles. The molecule has 2 aromatic rings. The molecule has 3 heterocycles. The molecule has 5 unspecified atom stereocenters. The number of amides is 1. The Labute approximate surface area is 255 Å². The summed E-state index contributed by atoms with van der Waals surface area (Å²) in [5, 5.41) is 10.3. The first-order valence-electron chi connectivity index (χ1n) is 14.8. The first kappa shape index (κ1) is 30.7. The molecule has 0 saturated carbocycles. The molecule has 11 heteroatoms. The van der Waals surface area contributed by atoms with Crippen molar-refractivity contribution in [1.29, 1.82) is 5.26 Å². The molecule has 2 fully saturated rings. The average molecular weight is 613 g/mol. The number of hydrogen-bond donors (Lipinski definition) is 0. The summed E-state index contributed by atoms with van der Waals surface area (Å²) in [6.45, 7) is 5.87. The summed E-state index contributed by atoms with van der Waals surface area (Å²) in [7, 11) is 5.13. The van der Waals surface area contributed by atoms with E-state index in [-0.39, 0.29) is 18.6 Å². The van der Waals surface area contributed by atoms with Crippen molar-refractivity contribution in [2.24, 2.45) is 5.92 Å². The van der Waals surface area contributed by atoms with Gasteiger partial charge in [-0.15, -0.1) is 9.24 Å². The lowest BCUT2D eigenvalue weighted by molar-refractivity contribution is -0.131. The van der Waals surface area contributed by atoms with E-state index >= 15 is 0 Å². The molecular weight excluding hydrogens is 574 g/mol. The largest absolute Gasteiger partial charge is 0.462 e. The molecule has 5 atom stereocenters. The Kier molecular flexibility index (Phi) is 9.98. The van der Waals surface area contributed by atoms with Gasteiger partial charge in [0.2, 0.25) is 0 Å². The predicted octanol–water partition coefficient (Wildman–Crippen LogP) is 5.13. The molecule has 224 valence electrons. The van der Waals surface area contributed by atoms with Crippen LogP contribution in [0.2, 0.25) is 5.02 Å². The number of carbonyl (C=O) groups excluding carboxylic acids is 1. The molecule has 0 radical (unpaired) electrons. The molecule has 2 saturated heterocycles. The van der Waals surface area contributed by atoms with E-state index in [1.54, 1.807) is 0 Å². The van der Waals surface area contributed by atoms with Gasteiger partial charge in [-0.25, -0.2) is 4.39 Å². The zero-order chi connectivity index (χ0) is 29.8. The van der Waals surface area contributed by atoms with Crippen LogP contribution in [0, 0.1) is 17.2 Å². The second kappa shape index (κ2) is 13.7. The van der Waals surface area contributed by atoms with Crippen LogP contribution in [0.1, 0.15) is 54.6 Å². The smallest absolute Gasteiger partial charge is 0.318 e. The second-order valence-electron chi connectivity index (χ2n) is 11.6. The molecule has 8 nitrogen and oxygen atoms in total. The van der Waals surface area contributed by atoms with Gasteiger partial charge in [-0.3, -0.25) is 4.79 Å². The minimum absolute atomic E-state index is 0.0938. The molecule has 1 aliphatic carbocycles. The first-order chi connectivity index (χ1) is 20.3. The third kappa shape index (κ3) is 6.72.